The first kappa shape index (κ1) is 52.8. The molecular formula is C46H62BN3O12. The van der Waals surface area contributed by atoms with E-state index in [1.54, 1.807) is 6.07 Å². The number of hydrogen-bond acceptors (Lipinski definition) is 12. The van der Waals surface area contributed by atoms with E-state index in [1.807, 2.05) is 109 Å². The van der Waals surface area contributed by atoms with Crippen molar-refractivity contribution in [3.05, 3.63) is 138 Å². The number of aliphatic hydroxyl groups excluding tert-OH is 4. The minimum atomic E-state index is -2.27. The van der Waals surface area contributed by atoms with Crippen LogP contribution in [0.25, 0.3) is 0 Å². The molecule has 0 radical (unpaired) electrons. The SMILES string of the molecule is CC1(C)CCCC(C)(C)N1Cc1ccccc1B(O)O.NCc1ccccc1.O=C(CCc1ccccc1)[C@@H](O)[C@H](O)C(=O)NCc1ccccc1.O=C(O)[C@@H](O)[C@H](O)C(=O)O. The van der Waals surface area contributed by atoms with Gasteiger partial charge in [-0.15, -0.1) is 0 Å². The second-order valence-electron chi connectivity index (χ2n) is 15.9. The van der Waals surface area contributed by atoms with Gasteiger partial charge in [0.25, 0.3) is 5.91 Å². The second kappa shape index (κ2) is 26.2. The fourth-order valence-electron chi connectivity index (χ4n) is 6.72. The molecule has 1 aliphatic heterocycles. The van der Waals surface area contributed by atoms with Gasteiger partial charge in [0, 0.05) is 37.1 Å². The molecule has 15 nitrogen and oxygen atoms in total. The molecule has 1 amide bonds. The second-order valence-corrected chi connectivity index (χ2v) is 15.9. The largest absolute Gasteiger partial charge is 0.488 e. The van der Waals surface area contributed by atoms with E-state index in [0.717, 1.165) is 23.2 Å². The summed E-state index contributed by atoms with van der Waals surface area (Å²) in [5.74, 6) is -4.86. The molecule has 4 aromatic carbocycles. The molecule has 1 fully saturated rings. The van der Waals surface area contributed by atoms with E-state index in [0.29, 0.717) is 18.4 Å². The summed E-state index contributed by atoms with van der Waals surface area (Å²) in [6, 6.07) is 36.1. The van der Waals surface area contributed by atoms with Gasteiger partial charge in [-0.25, -0.2) is 9.59 Å². The molecule has 16 heteroatoms. The summed E-state index contributed by atoms with van der Waals surface area (Å²) in [5, 5.41) is 73.8. The van der Waals surface area contributed by atoms with Crippen LogP contribution in [0, 0.1) is 0 Å². The first-order chi connectivity index (χ1) is 29.2. The number of aliphatic hydroxyl groups is 4. The fourth-order valence-corrected chi connectivity index (χ4v) is 6.72. The van der Waals surface area contributed by atoms with Crippen molar-refractivity contribution in [2.24, 2.45) is 5.73 Å². The number of hydrogen-bond donors (Lipinski definition) is 10. The first-order valence-corrected chi connectivity index (χ1v) is 20.2. The van der Waals surface area contributed by atoms with Crippen molar-refractivity contribution >= 4 is 36.2 Å². The van der Waals surface area contributed by atoms with Crippen LogP contribution >= 0.6 is 0 Å². The summed E-state index contributed by atoms with van der Waals surface area (Å²) in [4.78, 5) is 45.9. The van der Waals surface area contributed by atoms with Crippen LogP contribution in [0.2, 0.25) is 0 Å². The standard InChI is InChI=1S/C19H21NO4.C16H26BNO2.C7H9N.C4H6O6/c21-16(12-11-14-7-3-1-4-8-14)17(22)18(23)19(24)20-13-15-9-5-2-6-10-15;1-15(2)10-7-11-16(3,4)18(15)12-13-8-5-6-9-14(13)17(19)20;8-6-7-4-2-1-3-5-7;5-1(3(7)8)2(6)4(9)10/h1-10,17-18,22-23H,11-13H2,(H,20,24);5-6,8-9,19-20H,7,10-12H2,1-4H3;1-5H,6,8H2;1-2,5-6H,(H,7,8)(H,9,10)/t17-,18+;;;1-,2-/m1..0/s1. The number of carbonyl (C=O) groups is 4. The Bertz CT molecular complexity index is 1860. The lowest BCUT2D eigenvalue weighted by molar-refractivity contribution is -0.165. The molecule has 1 aliphatic rings. The van der Waals surface area contributed by atoms with E-state index in [1.165, 1.54) is 24.8 Å². The van der Waals surface area contributed by atoms with Crippen LogP contribution in [0.3, 0.4) is 0 Å². The van der Waals surface area contributed by atoms with Gasteiger partial charge < -0.3 is 51.7 Å². The number of piperidine rings is 1. The molecule has 1 heterocycles. The van der Waals surface area contributed by atoms with Crippen LogP contribution in [0.4, 0.5) is 0 Å². The molecule has 0 spiro atoms. The van der Waals surface area contributed by atoms with Crippen LogP contribution in [-0.2, 0) is 45.2 Å². The number of nitrogens with two attached hydrogens (primary N) is 1. The minimum absolute atomic E-state index is 0.0637. The fraction of sp³-hybridized carbons (Fsp3) is 0.391. The number of aryl methyl sites for hydroxylation is 1. The maximum absolute atomic E-state index is 11.9. The van der Waals surface area contributed by atoms with Crippen LogP contribution in [0.5, 0.6) is 0 Å². The van der Waals surface area contributed by atoms with Gasteiger partial charge in [-0.05, 0) is 81.1 Å². The van der Waals surface area contributed by atoms with Crippen molar-refractivity contribution in [2.75, 3.05) is 0 Å². The molecule has 0 unspecified atom stereocenters. The van der Waals surface area contributed by atoms with Crippen molar-refractivity contribution in [1.29, 1.82) is 0 Å². The van der Waals surface area contributed by atoms with E-state index in [4.69, 9.17) is 26.2 Å². The summed E-state index contributed by atoms with van der Waals surface area (Å²) in [5.41, 5.74) is 10.2. The van der Waals surface area contributed by atoms with Crippen molar-refractivity contribution in [3.8, 4) is 0 Å². The Hall–Kier alpha value is -5.30. The molecule has 4 atom stereocenters. The Morgan fingerprint density at radius 1 is 0.645 bits per heavy atom. The zero-order valence-corrected chi connectivity index (χ0v) is 35.7. The number of rotatable bonds is 15. The number of aliphatic carboxylic acids is 2. The van der Waals surface area contributed by atoms with Gasteiger partial charge in [0.1, 0.15) is 6.10 Å². The Morgan fingerprint density at radius 3 is 1.52 bits per heavy atom. The Kier molecular flexibility index (Phi) is 22.4. The van der Waals surface area contributed by atoms with E-state index >= 15 is 0 Å². The zero-order valence-electron chi connectivity index (χ0n) is 35.7. The number of likely N-dealkylation sites (tertiary alicyclic amines) is 1. The highest BCUT2D eigenvalue weighted by Crippen LogP contribution is 2.39. The van der Waals surface area contributed by atoms with Crippen molar-refractivity contribution < 1.29 is 59.9 Å². The molecule has 0 aliphatic carbocycles. The summed E-state index contributed by atoms with van der Waals surface area (Å²) in [7, 11) is -1.40. The number of nitrogens with zero attached hydrogens (tertiary/aromatic N) is 1. The lowest BCUT2D eigenvalue weighted by atomic mass is 9.75. The maximum atomic E-state index is 11.9. The number of ketones is 1. The lowest BCUT2D eigenvalue weighted by Gasteiger charge is -2.53. The Balaban J connectivity index is 0.000000311. The van der Waals surface area contributed by atoms with E-state index in [2.05, 4.69) is 37.9 Å². The monoisotopic (exact) mass is 859 g/mol. The van der Waals surface area contributed by atoms with Crippen LogP contribution in [0.1, 0.15) is 75.6 Å². The molecule has 1 saturated heterocycles. The van der Waals surface area contributed by atoms with E-state index in [-0.39, 0.29) is 24.0 Å². The topological polar surface area (TPSA) is 271 Å². The quantitative estimate of drug-likeness (QED) is 0.0768. The van der Waals surface area contributed by atoms with Gasteiger partial charge in [-0.1, -0.05) is 115 Å². The summed E-state index contributed by atoms with van der Waals surface area (Å²) < 4.78 is 0. The predicted molar refractivity (Wildman–Crippen MR) is 236 cm³/mol. The number of nitrogens with one attached hydrogen (secondary N) is 1. The number of carboxylic acid groups (broad SMARTS) is 2. The molecule has 11 N–H and O–H groups in total. The van der Waals surface area contributed by atoms with Gasteiger partial charge in [-0.2, -0.15) is 0 Å². The lowest BCUT2D eigenvalue weighted by Crippen LogP contribution is -2.58. The minimum Gasteiger partial charge on any atom is -0.479 e. The summed E-state index contributed by atoms with van der Waals surface area (Å²) >= 11 is 0. The Labute approximate surface area is 363 Å². The average molecular weight is 860 g/mol. The average Bonchev–Trinajstić information content (AvgIpc) is 3.26. The molecule has 0 aromatic heterocycles. The van der Waals surface area contributed by atoms with Crippen LogP contribution in [0.15, 0.2) is 115 Å². The van der Waals surface area contributed by atoms with Gasteiger partial charge in [0.05, 0.1) is 0 Å². The van der Waals surface area contributed by atoms with Crippen molar-refractivity contribution in [2.45, 2.75) is 115 Å². The number of Topliss-reactive ketones (excluding diaryl/α,β-unsaturated/α-hetero) is 1. The number of carboxylic acids is 2. The molecule has 4 aromatic rings. The Morgan fingerprint density at radius 2 is 1.08 bits per heavy atom. The molecule has 0 bridgehead atoms. The third-order valence-electron chi connectivity index (χ3n) is 10.3. The molecule has 62 heavy (non-hydrogen) atoms. The van der Waals surface area contributed by atoms with Gasteiger partial charge in [0.15, 0.2) is 24.1 Å². The first-order valence-electron chi connectivity index (χ1n) is 20.2. The van der Waals surface area contributed by atoms with Crippen LogP contribution < -0.4 is 16.5 Å². The summed E-state index contributed by atoms with van der Waals surface area (Å²) in [6.45, 7) is 10.8. The highest BCUT2D eigenvalue weighted by molar-refractivity contribution is 6.59. The molecule has 5 rings (SSSR count). The van der Waals surface area contributed by atoms with Crippen molar-refractivity contribution in [3.63, 3.8) is 0 Å². The molecule has 336 valence electrons. The van der Waals surface area contributed by atoms with Crippen LogP contribution in [-0.4, -0.2) is 112 Å². The highest BCUT2D eigenvalue weighted by Gasteiger charge is 2.41. The maximum Gasteiger partial charge on any atom is 0.488 e. The number of benzene rings is 4. The van der Waals surface area contributed by atoms with Gasteiger partial charge in [0.2, 0.25) is 0 Å². The summed E-state index contributed by atoms with van der Waals surface area (Å²) in [6.07, 6.45) is -3.89. The normalized spacial score (nSPS) is 15.8. The van der Waals surface area contributed by atoms with E-state index < -0.39 is 55.2 Å². The predicted octanol–water partition coefficient (Wildman–Crippen LogP) is 2.16. The third kappa shape index (κ3) is 18.0. The molecular weight excluding hydrogens is 797 g/mol. The van der Waals surface area contributed by atoms with Gasteiger partial charge in [-0.3, -0.25) is 14.5 Å². The van der Waals surface area contributed by atoms with E-state index in [9.17, 15) is 39.4 Å². The smallest absolute Gasteiger partial charge is 0.479 e. The number of carbonyl (C=O) groups excluding carboxylic acids is 2. The molecule has 0 saturated carbocycles. The third-order valence-corrected chi connectivity index (χ3v) is 10.3. The van der Waals surface area contributed by atoms with Gasteiger partial charge >= 0.3 is 19.1 Å². The zero-order chi connectivity index (χ0) is 46.5. The highest BCUT2D eigenvalue weighted by atomic mass is 16.4. The number of amides is 1. The van der Waals surface area contributed by atoms with Crippen molar-refractivity contribution in [1.82, 2.24) is 10.2 Å².